The van der Waals surface area contributed by atoms with E-state index < -0.39 is 21.8 Å². The third-order valence-electron chi connectivity index (χ3n) is 5.94. The number of primary amides is 1. The predicted octanol–water partition coefficient (Wildman–Crippen LogP) is 3.29. The molecule has 0 bridgehead atoms. The molecule has 0 unspecified atom stereocenters. The van der Waals surface area contributed by atoms with Gasteiger partial charge in [0.05, 0.1) is 10.5 Å². The van der Waals surface area contributed by atoms with Crippen molar-refractivity contribution in [1.29, 1.82) is 0 Å². The number of carbonyl (C=O) groups is 2. The van der Waals surface area contributed by atoms with Crippen molar-refractivity contribution in [2.24, 2.45) is 5.73 Å². The Labute approximate surface area is 199 Å². The predicted molar refractivity (Wildman–Crippen MR) is 131 cm³/mol. The highest BCUT2D eigenvalue weighted by atomic mass is 32.2. The Kier molecular flexibility index (Phi) is 7.94. The van der Waals surface area contributed by atoms with Crippen molar-refractivity contribution in [3.8, 4) is 0 Å². The molecular weight excluding hydrogens is 460 g/mol. The summed E-state index contributed by atoms with van der Waals surface area (Å²) in [5, 5.41) is 3.26. The van der Waals surface area contributed by atoms with E-state index >= 15 is 0 Å². The van der Waals surface area contributed by atoms with Crippen molar-refractivity contribution in [2.45, 2.75) is 57.5 Å². The van der Waals surface area contributed by atoms with Gasteiger partial charge in [0.1, 0.15) is 5.00 Å². The lowest BCUT2D eigenvalue weighted by molar-refractivity contribution is 0.0999. The van der Waals surface area contributed by atoms with Crippen LogP contribution in [0.5, 0.6) is 0 Å². The second kappa shape index (κ2) is 10.3. The van der Waals surface area contributed by atoms with Crippen molar-refractivity contribution in [3.63, 3.8) is 0 Å². The summed E-state index contributed by atoms with van der Waals surface area (Å²) in [6.45, 7) is 8.24. The van der Waals surface area contributed by atoms with Crippen molar-refractivity contribution < 1.29 is 18.0 Å². The normalized spacial score (nSPS) is 14.5. The second-order valence-electron chi connectivity index (χ2n) is 8.55. The van der Waals surface area contributed by atoms with E-state index in [0.29, 0.717) is 41.7 Å². The number of amides is 2. The highest BCUT2D eigenvalue weighted by Gasteiger charge is 2.29. The van der Waals surface area contributed by atoms with E-state index in [0.717, 1.165) is 29.8 Å². The first-order valence-electron chi connectivity index (χ1n) is 11.1. The van der Waals surface area contributed by atoms with Crippen LogP contribution in [0.15, 0.2) is 29.2 Å². The minimum atomic E-state index is -3.61. The third kappa shape index (κ3) is 5.46. The Morgan fingerprint density at radius 2 is 1.91 bits per heavy atom. The molecule has 2 heterocycles. The number of sulfonamides is 1. The molecule has 0 saturated carbocycles. The number of nitrogens with one attached hydrogen (secondary N) is 1. The highest BCUT2D eigenvalue weighted by Crippen LogP contribution is 2.37. The fourth-order valence-corrected chi connectivity index (χ4v) is 6.33. The number of hydrogen-bond donors (Lipinski definition) is 2. The number of unbranched alkanes of at least 4 members (excludes halogenated alkanes) is 1. The summed E-state index contributed by atoms with van der Waals surface area (Å²) in [4.78, 5) is 28.5. The van der Waals surface area contributed by atoms with Crippen LogP contribution in [-0.4, -0.2) is 55.6 Å². The smallest absolute Gasteiger partial charge is 0.256 e. The quantitative estimate of drug-likeness (QED) is 0.558. The molecule has 0 aliphatic carbocycles. The van der Waals surface area contributed by atoms with Gasteiger partial charge >= 0.3 is 0 Å². The molecule has 1 aromatic heterocycles. The topological polar surface area (TPSA) is 113 Å². The number of rotatable bonds is 9. The fraction of sp³-hybridized carbons (Fsp3) is 0.478. The molecule has 180 valence electrons. The molecule has 3 rings (SSSR count). The Bertz CT molecular complexity index is 1120. The summed E-state index contributed by atoms with van der Waals surface area (Å²) in [5.41, 5.74) is 7.25. The first kappa shape index (κ1) is 25.4. The van der Waals surface area contributed by atoms with Crippen molar-refractivity contribution in [1.82, 2.24) is 9.21 Å². The van der Waals surface area contributed by atoms with Gasteiger partial charge in [0.2, 0.25) is 10.0 Å². The van der Waals surface area contributed by atoms with Gasteiger partial charge in [-0.25, -0.2) is 12.7 Å². The van der Waals surface area contributed by atoms with Gasteiger partial charge in [-0.1, -0.05) is 13.3 Å². The zero-order chi connectivity index (χ0) is 24.3. The van der Waals surface area contributed by atoms with Gasteiger partial charge in [-0.2, -0.15) is 0 Å². The number of fused-ring (bicyclic) bond motifs is 1. The minimum Gasteiger partial charge on any atom is -0.365 e. The van der Waals surface area contributed by atoms with Crippen LogP contribution in [0, 0.1) is 0 Å². The van der Waals surface area contributed by atoms with Gasteiger partial charge in [-0.3, -0.25) is 14.5 Å². The molecule has 0 saturated heterocycles. The first-order valence-corrected chi connectivity index (χ1v) is 13.4. The average Bonchev–Trinajstić information content (AvgIpc) is 3.14. The highest BCUT2D eigenvalue weighted by molar-refractivity contribution is 7.89. The lowest BCUT2D eigenvalue weighted by atomic mass is 10.0. The van der Waals surface area contributed by atoms with Crippen LogP contribution in [0.3, 0.4) is 0 Å². The van der Waals surface area contributed by atoms with Gasteiger partial charge in [0, 0.05) is 43.2 Å². The van der Waals surface area contributed by atoms with E-state index in [1.54, 1.807) is 7.05 Å². The minimum absolute atomic E-state index is 0.135. The molecule has 0 radical (unpaired) electrons. The van der Waals surface area contributed by atoms with Crippen molar-refractivity contribution in [2.75, 3.05) is 25.5 Å². The summed E-state index contributed by atoms with van der Waals surface area (Å²) >= 11 is 1.38. The van der Waals surface area contributed by atoms with Gasteiger partial charge in [-0.05, 0) is 56.5 Å². The first-order chi connectivity index (χ1) is 15.6. The van der Waals surface area contributed by atoms with E-state index in [2.05, 4.69) is 24.1 Å². The van der Waals surface area contributed by atoms with Gasteiger partial charge in [0.25, 0.3) is 11.8 Å². The van der Waals surface area contributed by atoms with Crippen LogP contribution in [0.1, 0.15) is 64.8 Å². The Balaban J connectivity index is 1.80. The molecule has 1 aliphatic rings. The zero-order valence-corrected chi connectivity index (χ0v) is 21.2. The molecule has 2 aromatic rings. The number of benzene rings is 1. The summed E-state index contributed by atoms with van der Waals surface area (Å²) in [6, 6.07) is 6.21. The maximum absolute atomic E-state index is 12.9. The van der Waals surface area contributed by atoms with E-state index in [-0.39, 0.29) is 4.90 Å². The van der Waals surface area contributed by atoms with E-state index in [9.17, 15) is 18.0 Å². The number of carbonyl (C=O) groups excluding carboxylic acids is 2. The van der Waals surface area contributed by atoms with Crippen molar-refractivity contribution in [3.05, 3.63) is 45.8 Å². The molecule has 1 aliphatic heterocycles. The van der Waals surface area contributed by atoms with E-state index in [4.69, 9.17) is 5.73 Å². The summed E-state index contributed by atoms with van der Waals surface area (Å²) in [7, 11) is -2.06. The Morgan fingerprint density at radius 1 is 1.24 bits per heavy atom. The molecule has 0 spiro atoms. The number of nitrogens with zero attached hydrogens (tertiary/aromatic N) is 2. The molecule has 2 amide bonds. The summed E-state index contributed by atoms with van der Waals surface area (Å²) in [6.07, 6.45) is 2.38. The standard InChI is InChI=1S/C23H32N4O4S2/c1-5-6-12-26(4)33(30,31)17-9-7-16(8-10-17)22(29)25-23-20(21(24)28)18-11-13-27(15(2)3)14-19(18)32-23/h7-10,15H,5-6,11-14H2,1-4H3,(H2,24,28)(H,25,29). The maximum atomic E-state index is 12.9. The van der Waals surface area contributed by atoms with Crippen LogP contribution in [0.25, 0.3) is 0 Å². The average molecular weight is 493 g/mol. The maximum Gasteiger partial charge on any atom is 0.256 e. The molecule has 0 atom stereocenters. The Morgan fingerprint density at radius 3 is 2.48 bits per heavy atom. The van der Waals surface area contributed by atoms with E-state index in [1.807, 2.05) is 6.92 Å². The lowest BCUT2D eigenvalue weighted by Gasteiger charge is -2.30. The molecule has 10 heteroatoms. The van der Waals surface area contributed by atoms with Crippen LogP contribution >= 0.6 is 11.3 Å². The van der Waals surface area contributed by atoms with Gasteiger partial charge in [-0.15, -0.1) is 11.3 Å². The fourth-order valence-electron chi connectivity index (χ4n) is 3.85. The summed E-state index contributed by atoms with van der Waals surface area (Å²) < 4.78 is 26.7. The summed E-state index contributed by atoms with van der Waals surface area (Å²) in [5.74, 6) is -0.975. The van der Waals surface area contributed by atoms with Gasteiger partial charge < -0.3 is 11.1 Å². The van der Waals surface area contributed by atoms with Crippen LogP contribution < -0.4 is 11.1 Å². The lowest BCUT2D eigenvalue weighted by Crippen LogP contribution is -2.35. The van der Waals surface area contributed by atoms with Crippen LogP contribution in [0.2, 0.25) is 0 Å². The van der Waals surface area contributed by atoms with Crippen LogP contribution in [-0.2, 0) is 23.0 Å². The SMILES string of the molecule is CCCCN(C)S(=O)(=O)c1ccc(C(=O)Nc2sc3c(c2C(N)=O)CCN(C(C)C)C3)cc1. The molecule has 3 N–H and O–H groups in total. The number of thiophene rings is 1. The van der Waals surface area contributed by atoms with E-state index in [1.165, 1.54) is 39.9 Å². The van der Waals surface area contributed by atoms with Crippen LogP contribution in [0.4, 0.5) is 5.00 Å². The molecule has 8 nitrogen and oxygen atoms in total. The molecule has 1 aromatic carbocycles. The molecule has 33 heavy (non-hydrogen) atoms. The third-order valence-corrected chi connectivity index (χ3v) is 8.94. The van der Waals surface area contributed by atoms with Gasteiger partial charge in [0.15, 0.2) is 0 Å². The molecule has 0 fully saturated rings. The molecular formula is C23H32N4O4S2. The largest absolute Gasteiger partial charge is 0.365 e. The van der Waals surface area contributed by atoms with Crippen molar-refractivity contribution >= 4 is 38.2 Å². The number of nitrogens with two attached hydrogens (primary N) is 1. The Hall–Kier alpha value is -2.27. The zero-order valence-electron chi connectivity index (χ0n) is 19.6. The number of anilines is 1. The monoisotopic (exact) mass is 492 g/mol. The number of hydrogen-bond acceptors (Lipinski definition) is 6. The second-order valence-corrected chi connectivity index (χ2v) is 11.7.